The van der Waals surface area contributed by atoms with Gasteiger partial charge in [-0.3, -0.25) is 9.52 Å². The number of carbonyl (C=O) groups excluding carboxylic acids is 1. The third-order valence-corrected chi connectivity index (χ3v) is 5.66. The van der Waals surface area contributed by atoms with Crippen molar-refractivity contribution < 1.29 is 13.2 Å². The van der Waals surface area contributed by atoms with Gasteiger partial charge in [-0.25, -0.2) is 8.42 Å². The van der Waals surface area contributed by atoms with Gasteiger partial charge in [0.1, 0.15) is 0 Å². The summed E-state index contributed by atoms with van der Waals surface area (Å²) in [5, 5.41) is 0.141. The smallest absolute Gasteiger partial charge is 0.261 e. The Morgan fingerprint density at radius 3 is 2.11 bits per heavy atom. The quantitative estimate of drug-likeness (QED) is 0.689. The molecular formula is C20H17ClN2O3S. The second-order valence-corrected chi connectivity index (χ2v) is 7.90. The number of rotatable bonds is 5. The van der Waals surface area contributed by atoms with Crippen LogP contribution in [0.2, 0.25) is 5.02 Å². The van der Waals surface area contributed by atoms with Crippen LogP contribution >= 0.6 is 11.6 Å². The minimum absolute atomic E-state index is 0.130. The molecule has 0 atom stereocenters. The number of halogens is 1. The van der Waals surface area contributed by atoms with Crippen molar-refractivity contribution in [3.05, 3.63) is 89.4 Å². The Morgan fingerprint density at radius 2 is 1.52 bits per heavy atom. The van der Waals surface area contributed by atoms with Crippen LogP contribution in [-0.2, 0) is 10.0 Å². The molecule has 7 heteroatoms. The lowest BCUT2D eigenvalue weighted by molar-refractivity contribution is 0.0993. The first kappa shape index (κ1) is 18.9. The molecule has 0 saturated carbocycles. The van der Waals surface area contributed by atoms with Gasteiger partial charge in [0.15, 0.2) is 0 Å². The van der Waals surface area contributed by atoms with Crippen molar-refractivity contribution in [2.45, 2.75) is 4.90 Å². The molecule has 27 heavy (non-hydrogen) atoms. The summed E-state index contributed by atoms with van der Waals surface area (Å²) in [4.78, 5) is 14.3. The first-order valence-corrected chi connectivity index (χ1v) is 9.95. The number of benzene rings is 3. The standard InChI is InChI=1S/C20H17ClN2O3S/c1-23(16-8-4-2-5-9-16)20(24)15-12-13-19(18(21)14-15)22-27(25,26)17-10-6-3-7-11-17/h2-14,22H,1H3. The van der Waals surface area contributed by atoms with Gasteiger partial charge in [0.05, 0.1) is 15.6 Å². The van der Waals surface area contributed by atoms with E-state index in [-0.39, 0.29) is 21.5 Å². The molecule has 1 N–H and O–H groups in total. The van der Waals surface area contributed by atoms with Crippen molar-refractivity contribution in [1.29, 1.82) is 0 Å². The lowest BCUT2D eigenvalue weighted by Crippen LogP contribution is -2.26. The topological polar surface area (TPSA) is 66.5 Å². The monoisotopic (exact) mass is 400 g/mol. The van der Waals surface area contributed by atoms with Crippen molar-refractivity contribution in [1.82, 2.24) is 0 Å². The van der Waals surface area contributed by atoms with Crippen LogP contribution in [-0.4, -0.2) is 21.4 Å². The first-order valence-electron chi connectivity index (χ1n) is 8.09. The average molecular weight is 401 g/mol. The summed E-state index contributed by atoms with van der Waals surface area (Å²) in [6.07, 6.45) is 0. The maximum Gasteiger partial charge on any atom is 0.261 e. The molecule has 138 valence electrons. The van der Waals surface area contributed by atoms with Crippen molar-refractivity contribution in [2.75, 3.05) is 16.7 Å². The minimum Gasteiger partial charge on any atom is -0.311 e. The molecule has 0 heterocycles. The molecule has 0 aliphatic rings. The summed E-state index contributed by atoms with van der Waals surface area (Å²) >= 11 is 6.22. The van der Waals surface area contributed by atoms with Gasteiger partial charge in [-0.05, 0) is 42.5 Å². The molecule has 0 spiro atoms. The summed E-state index contributed by atoms with van der Waals surface area (Å²) in [7, 11) is -2.09. The Balaban J connectivity index is 1.83. The first-order chi connectivity index (χ1) is 12.9. The molecule has 0 radical (unpaired) electrons. The fourth-order valence-electron chi connectivity index (χ4n) is 2.50. The third-order valence-electron chi connectivity index (χ3n) is 3.96. The molecule has 5 nitrogen and oxygen atoms in total. The molecule has 0 aliphatic heterocycles. The van der Waals surface area contributed by atoms with E-state index in [2.05, 4.69) is 4.72 Å². The second-order valence-electron chi connectivity index (χ2n) is 5.81. The van der Waals surface area contributed by atoms with Crippen LogP contribution in [0.1, 0.15) is 10.4 Å². The van der Waals surface area contributed by atoms with E-state index in [1.807, 2.05) is 30.3 Å². The fraction of sp³-hybridized carbons (Fsp3) is 0.0500. The summed E-state index contributed by atoms with van der Waals surface area (Å²) in [6.45, 7) is 0. The fourth-order valence-corrected chi connectivity index (χ4v) is 3.88. The van der Waals surface area contributed by atoms with Crippen molar-refractivity contribution in [2.24, 2.45) is 0 Å². The third kappa shape index (κ3) is 4.30. The van der Waals surface area contributed by atoms with E-state index in [4.69, 9.17) is 11.6 Å². The zero-order valence-electron chi connectivity index (χ0n) is 14.5. The van der Waals surface area contributed by atoms with E-state index in [1.165, 1.54) is 35.2 Å². The zero-order chi connectivity index (χ0) is 19.4. The van der Waals surface area contributed by atoms with E-state index in [1.54, 1.807) is 25.2 Å². The van der Waals surface area contributed by atoms with E-state index < -0.39 is 10.0 Å². The molecule has 3 aromatic rings. The number of sulfonamides is 1. The summed E-state index contributed by atoms with van der Waals surface area (Å²) in [5.41, 5.74) is 1.31. The number of carbonyl (C=O) groups is 1. The summed E-state index contributed by atoms with van der Waals surface area (Å²) in [6, 6.07) is 21.6. The maximum absolute atomic E-state index is 12.6. The van der Waals surface area contributed by atoms with Gasteiger partial charge in [-0.2, -0.15) is 0 Å². The predicted octanol–water partition coefficient (Wildman–Crippen LogP) is 4.42. The Hall–Kier alpha value is -2.83. The summed E-state index contributed by atoms with van der Waals surface area (Å²) < 4.78 is 27.3. The largest absolute Gasteiger partial charge is 0.311 e. The van der Waals surface area contributed by atoms with Crippen LogP contribution in [0.3, 0.4) is 0 Å². The summed E-state index contributed by atoms with van der Waals surface area (Å²) in [5.74, 6) is -0.249. The minimum atomic E-state index is -3.76. The molecule has 0 bridgehead atoms. The number of para-hydroxylation sites is 1. The molecule has 0 aliphatic carbocycles. The van der Waals surface area contributed by atoms with E-state index in [0.717, 1.165) is 5.69 Å². The van der Waals surface area contributed by atoms with Crippen LogP contribution in [0.4, 0.5) is 11.4 Å². The van der Waals surface area contributed by atoms with E-state index in [9.17, 15) is 13.2 Å². The SMILES string of the molecule is CN(C(=O)c1ccc(NS(=O)(=O)c2ccccc2)c(Cl)c1)c1ccccc1. The van der Waals surface area contributed by atoms with Crippen molar-refractivity contribution in [3.63, 3.8) is 0 Å². The molecule has 3 rings (SSSR count). The highest BCUT2D eigenvalue weighted by Gasteiger charge is 2.18. The number of hydrogen-bond donors (Lipinski definition) is 1. The Labute approximate surface area is 163 Å². The van der Waals surface area contributed by atoms with E-state index >= 15 is 0 Å². The van der Waals surface area contributed by atoms with E-state index in [0.29, 0.717) is 5.56 Å². The normalized spacial score (nSPS) is 11.0. The molecule has 1 amide bonds. The van der Waals surface area contributed by atoms with Gasteiger partial charge >= 0.3 is 0 Å². The van der Waals surface area contributed by atoms with Gasteiger partial charge in [0.2, 0.25) is 0 Å². The zero-order valence-corrected chi connectivity index (χ0v) is 16.0. The number of nitrogens with zero attached hydrogens (tertiary/aromatic N) is 1. The maximum atomic E-state index is 12.6. The van der Waals surface area contributed by atoms with Gasteiger partial charge < -0.3 is 4.90 Å². The van der Waals surface area contributed by atoms with Gasteiger partial charge in [-0.15, -0.1) is 0 Å². The van der Waals surface area contributed by atoms with Crippen molar-refractivity contribution >= 4 is 38.9 Å². The van der Waals surface area contributed by atoms with Gasteiger partial charge in [0, 0.05) is 18.3 Å². The predicted molar refractivity (Wildman–Crippen MR) is 108 cm³/mol. The number of hydrogen-bond acceptors (Lipinski definition) is 3. The Morgan fingerprint density at radius 1 is 0.926 bits per heavy atom. The molecule has 0 unspecified atom stereocenters. The number of nitrogens with one attached hydrogen (secondary N) is 1. The molecule has 0 fully saturated rings. The van der Waals surface area contributed by atoms with Gasteiger partial charge in [-0.1, -0.05) is 48.0 Å². The Bertz CT molecular complexity index is 1060. The highest BCUT2D eigenvalue weighted by Crippen LogP contribution is 2.27. The van der Waals surface area contributed by atoms with Crippen LogP contribution in [0, 0.1) is 0 Å². The average Bonchev–Trinajstić information content (AvgIpc) is 2.69. The molecule has 0 aromatic heterocycles. The van der Waals surface area contributed by atoms with Crippen molar-refractivity contribution in [3.8, 4) is 0 Å². The molecule has 3 aromatic carbocycles. The highest BCUT2D eigenvalue weighted by molar-refractivity contribution is 7.92. The van der Waals surface area contributed by atoms with Crippen LogP contribution in [0.25, 0.3) is 0 Å². The Kier molecular flexibility index (Phi) is 5.48. The van der Waals surface area contributed by atoms with Crippen LogP contribution < -0.4 is 9.62 Å². The number of anilines is 2. The molecular weight excluding hydrogens is 384 g/mol. The lowest BCUT2D eigenvalue weighted by Gasteiger charge is -2.18. The van der Waals surface area contributed by atoms with Gasteiger partial charge in [0.25, 0.3) is 15.9 Å². The second kappa shape index (κ2) is 7.82. The highest BCUT2D eigenvalue weighted by atomic mass is 35.5. The molecule has 0 saturated heterocycles. The number of amides is 1. The van der Waals surface area contributed by atoms with Crippen LogP contribution in [0.5, 0.6) is 0 Å². The lowest BCUT2D eigenvalue weighted by atomic mass is 10.1. The van der Waals surface area contributed by atoms with Crippen LogP contribution in [0.15, 0.2) is 83.8 Å².